The van der Waals surface area contributed by atoms with Crippen molar-refractivity contribution in [3.63, 3.8) is 0 Å². The highest BCUT2D eigenvalue weighted by atomic mass is 32.2. The molecule has 5 heterocycles. The molecule has 4 aromatic rings. The van der Waals surface area contributed by atoms with Crippen LogP contribution in [0, 0.1) is 12.8 Å². The quantitative estimate of drug-likeness (QED) is 0.219. The van der Waals surface area contributed by atoms with Gasteiger partial charge in [-0.3, -0.25) is 4.98 Å². The Balaban J connectivity index is 0.000000218. The molecule has 0 aliphatic carbocycles. The number of piperidine rings is 2. The first kappa shape index (κ1) is 38.0. The summed E-state index contributed by atoms with van der Waals surface area (Å²) in [4.78, 5) is 33.1. The van der Waals surface area contributed by atoms with E-state index in [2.05, 4.69) is 53.9 Å². The number of aromatic nitrogens is 9. The van der Waals surface area contributed by atoms with E-state index in [4.69, 9.17) is 9.84 Å². The zero-order valence-electron chi connectivity index (χ0n) is 29.5. The van der Waals surface area contributed by atoms with Crippen LogP contribution in [0.4, 0.5) is 9.59 Å². The normalized spacial score (nSPS) is 15.5. The van der Waals surface area contributed by atoms with Crippen molar-refractivity contribution in [2.75, 3.05) is 52.6 Å². The molecule has 0 atom stereocenters. The number of ether oxygens (including phenoxy) is 1. The fraction of sp³-hybridized carbons (Fsp3) is 0.545. The Hall–Kier alpha value is -4.29. The second kappa shape index (κ2) is 18.8. The van der Waals surface area contributed by atoms with E-state index in [0.29, 0.717) is 43.1 Å². The fourth-order valence-electron chi connectivity index (χ4n) is 5.59. The number of hydrogen-bond acceptors (Lipinski definition) is 13. The van der Waals surface area contributed by atoms with Crippen molar-refractivity contribution in [2.45, 2.75) is 61.1 Å². The topological polar surface area (TPSA) is 173 Å². The summed E-state index contributed by atoms with van der Waals surface area (Å²) in [5.74, 6) is 2.06. The molecule has 51 heavy (non-hydrogen) atoms. The first-order valence-corrected chi connectivity index (χ1v) is 18.9. The molecule has 18 heteroatoms. The maximum absolute atomic E-state index is 12.5. The summed E-state index contributed by atoms with van der Waals surface area (Å²) in [5, 5.41) is 34.2. The number of aryl methyl sites for hydroxylation is 2. The van der Waals surface area contributed by atoms with Gasteiger partial charge in [0.25, 0.3) is 0 Å². The van der Waals surface area contributed by atoms with Crippen LogP contribution in [0.1, 0.15) is 42.5 Å². The minimum Gasteiger partial charge on any atom is -0.465 e. The van der Waals surface area contributed by atoms with Gasteiger partial charge >= 0.3 is 12.2 Å². The molecule has 0 spiro atoms. The van der Waals surface area contributed by atoms with Crippen molar-refractivity contribution in [1.29, 1.82) is 0 Å². The van der Waals surface area contributed by atoms with Crippen molar-refractivity contribution < 1.29 is 19.4 Å². The lowest BCUT2D eigenvalue weighted by Gasteiger charge is -2.30. The van der Waals surface area contributed by atoms with Gasteiger partial charge in [-0.2, -0.15) is 0 Å². The lowest BCUT2D eigenvalue weighted by Crippen LogP contribution is -2.40. The second-order valence-electron chi connectivity index (χ2n) is 12.9. The van der Waals surface area contributed by atoms with Gasteiger partial charge in [0.1, 0.15) is 5.75 Å². The number of carbonyl (C=O) groups excluding carboxylic acids is 1. The SMILES string of the molecule is CN(C)CCn1nnnc1SC1CCN(C(=O)O)CC1.Cc1ccnc(Cc2ccc(OC(=O)N3CCC(CSc4nnnn4C)CC3)cc2)c1. The lowest BCUT2D eigenvalue weighted by molar-refractivity contribution is 0.133. The average Bonchev–Trinajstić information content (AvgIpc) is 3.75. The molecule has 6 rings (SSSR count). The number of likely N-dealkylation sites (N-methyl/N-ethyl adjacent to an activating group) is 1. The van der Waals surface area contributed by atoms with E-state index in [9.17, 15) is 9.59 Å². The molecule has 0 bridgehead atoms. The molecule has 16 nitrogen and oxygen atoms in total. The van der Waals surface area contributed by atoms with Gasteiger partial charge in [-0.05, 0) is 109 Å². The molecule has 3 aromatic heterocycles. The van der Waals surface area contributed by atoms with E-state index in [0.717, 1.165) is 72.5 Å². The van der Waals surface area contributed by atoms with Crippen LogP contribution in [0.3, 0.4) is 0 Å². The molecule has 2 amide bonds. The molecular formula is C33H46N12O4S2. The highest BCUT2D eigenvalue weighted by molar-refractivity contribution is 7.99. The summed E-state index contributed by atoms with van der Waals surface area (Å²) in [6.07, 6.45) is 5.07. The van der Waals surface area contributed by atoms with E-state index in [1.807, 2.05) is 62.4 Å². The molecule has 274 valence electrons. The van der Waals surface area contributed by atoms with E-state index in [1.54, 1.807) is 33.1 Å². The van der Waals surface area contributed by atoms with Gasteiger partial charge in [0.15, 0.2) is 0 Å². The van der Waals surface area contributed by atoms with Crippen LogP contribution in [0.25, 0.3) is 0 Å². The summed E-state index contributed by atoms with van der Waals surface area (Å²) in [7, 11) is 5.87. The molecule has 2 fully saturated rings. The third-order valence-corrected chi connectivity index (χ3v) is 11.2. The predicted molar refractivity (Wildman–Crippen MR) is 193 cm³/mol. The second-order valence-corrected chi connectivity index (χ2v) is 15.2. The van der Waals surface area contributed by atoms with Gasteiger partial charge in [0, 0.05) is 69.1 Å². The van der Waals surface area contributed by atoms with Crippen LogP contribution >= 0.6 is 23.5 Å². The number of likely N-dealkylation sites (tertiary alicyclic amines) is 2. The highest BCUT2D eigenvalue weighted by Crippen LogP contribution is 2.29. The molecule has 2 aliphatic rings. The minimum atomic E-state index is -0.829. The van der Waals surface area contributed by atoms with Gasteiger partial charge < -0.3 is 24.5 Å². The molecule has 0 saturated carbocycles. The van der Waals surface area contributed by atoms with Gasteiger partial charge in [0.05, 0.1) is 6.54 Å². The Morgan fingerprint density at radius 3 is 2.27 bits per heavy atom. The van der Waals surface area contributed by atoms with Gasteiger partial charge in [0.2, 0.25) is 10.3 Å². The molecular weight excluding hydrogens is 693 g/mol. The molecule has 2 saturated heterocycles. The Labute approximate surface area is 306 Å². The number of carbonyl (C=O) groups is 2. The van der Waals surface area contributed by atoms with Crippen LogP contribution in [-0.4, -0.2) is 135 Å². The van der Waals surface area contributed by atoms with Gasteiger partial charge in [-0.15, -0.1) is 10.2 Å². The third kappa shape index (κ3) is 11.9. The van der Waals surface area contributed by atoms with Crippen molar-refractivity contribution >= 4 is 35.7 Å². The third-order valence-electron chi connectivity index (χ3n) is 8.63. The first-order valence-electron chi connectivity index (χ1n) is 17.0. The largest absolute Gasteiger partial charge is 0.465 e. The van der Waals surface area contributed by atoms with Gasteiger partial charge in [-0.1, -0.05) is 35.7 Å². The highest BCUT2D eigenvalue weighted by Gasteiger charge is 2.26. The van der Waals surface area contributed by atoms with Gasteiger partial charge in [-0.25, -0.2) is 19.0 Å². The summed E-state index contributed by atoms with van der Waals surface area (Å²) >= 11 is 3.31. The number of rotatable bonds is 11. The Kier molecular flexibility index (Phi) is 14.0. The van der Waals surface area contributed by atoms with Crippen LogP contribution in [0.5, 0.6) is 5.75 Å². The van der Waals surface area contributed by atoms with Crippen molar-refractivity contribution in [2.24, 2.45) is 13.0 Å². The van der Waals surface area contributed by atoms with Crippen LogP contribution in [0.15, 0.2) is 52.9 Å². The number of pyridine rings is 1. The average molecular weight is 739 g/mol. The number of amides is 2. The monoisotopic (exact) mass is 738 g/mol. The maximum Gasteiger partial charge on any atom is 0.415 e. The van der Waals surface area contributed by atoms with Crippen LogP contribution < -0.4 is 4.74 Å². The fourth-order valence-corrected chi connectivity index (χ4v) is 7.71. The predicted octanol–water partition coefficient (Wildman–Crippen LogP) is 3.98. The maximum atomic E-state index is 12.5. The van der Waals surface area contributed by atoms with Crippen molar-refractivity contribution in [3.05, 3.63) is 59.4 Å². The van der Waals surface area contributed by atoms with E-state index in [-0.39, 0.29) is 6.09 Å². The molecule has 1 aromatic carbocycles. The molecule has 1 N–H and O–H groups in total. The van der Waals surface area contributed by atoms with Crippen molar-refractivity contribution in [3.8, 4) is 5.75 Å². The number of thioether (sulfide) groups is 2. The number of benzene rings is 1. The molecule has 2 aliphatic heterocycles. The zero-order chi connectivity index (χ0) is 36.2. The van der Waals surface area contributed by atoms with E-state index >= 15 is 0 Å². The smallest absolute Gasteiger partial charge is 0.415 e. The van der Waals surface area contributed by atoms with Crippen LogP contribution in [-0.2, 0) is 20.0 Å². The number of hydrogen-bond donors (Lipinski definition) is 1. The zero-order valence-corrected chi connectivity index (χ0v) is 31.2. The van der Waals surface area contributed by atoms with Crippen LogP contribution in [0.2, 0.25) is 0 Å². The summed E-state index contributed by atoms with van der Waals surface area (Å²) in [6.45, 7) is 6.30. The van der Waals surface area contributed by atoms with Crippen molar-refractivity contribution in [1.82, 2.24) is 60.1 Å². The Morgan fingerprint density at radius 1 is 0.941 bits per heavy atom. The summed E-state index contributed by atoms with van der Waals surface area (Å²) < 4.78 is 9.08. The summed E-state index contributed by atoms with van der Waals surface area (Å²) in [6, 6.07) is 11.7. The molecule has 0 radical (unpaired) electrons. The Morgan fingerprint density at radius 2 is 1.63 bits per heavy atom. The minimum absolute atomic E-state index is 0.281. The summed E-state index contributed by atoms with van der Waals surface area (Å²) in [5.41, 5.74) is 3.36. The number of tetrazole rings is 2. The van der Waals surface area contributed by atoms with E-state index < -0.39 is 6.09 Å². The number of carboxylic acid groups (broad SMARTS) is 1. The molecule has 0 unspecified atom stereocenters. The number of nitrogens with zero attached hydrogens (tertiary/aromatic N) is 12. The first-order chi connectivity index (χ1) is 24.6. The standard InChI is InChI=1S/C22H26N6O2S.C11H20N6O2S/c1-16-7-10-23-19(13-16)14-17-3-5-20(6-4-17)30-22(29)28-11-8-18(9-12-28)15-31-21-24-25-26-27(21)2;1-15(2)7-8-17-10(12-13-14-17)20-9-3-5-16(6-4-9)11(18)19/h3-7,10,13,18H,8-9,11-12,14-15H2,1-2H3;9H,3-8H2,1-2H3,(H,18,19). The Bertz CT molecular complexity index is 1690. The van der Waals surface area contributed by atoms with E-state index in [1.165, 1.54) is 10.5 Å². The lowest BCUT2D eigenvalue weighted by atomic mass is 9.99.